The van der Waals surface area contributed by atoms with E-state index in [0.29, 0.717) is 0 Å². The van der Waals surface area contributed by atoms with Gasteiger partial charge in [0.15, 0.2) is 0 Å². The minimum atomic E-state index is 0.759. The highest BCUT2D eigenvalue weighted by atomic mass is 15.2. The van der Waals surface area contributed by atoms with Gasteiger partial charge in [-0.1, -0.05) is 27.7 Å². The van der Waals surface area contributed by atoms with E-state index in [0.717, 1.165) is 17.9 Å². The SMILES string of the molecule is CCCNCC(CC)N1CCC(C(C)C)CC1. The van der Waals surface area contributed by atoms with Crippen LogP contribution in [0.3, 0.4) is 0 Å². The van der Waals surface area contributed by atoms with Crippen LogP contribution in [0.2, 0.25) is 0 Å². The van der Waals surface area contributed by atoms with Gasteiger partial charge in [0.05, 0.1) is 0 Å². The van der Waals surface area contributed by atoms with E-state index in [1.807, 2.05) is 0 Å². The van der Waals surface area contributed by atoms with Crippen molar-refractivity contribution in [1.29, 1.82) is 0 Å². The number of nitrogens with zero attached hydrogens (tertiary/aromatic N) is 1. The van der Waals surface area contributed by atoms with Crippen molar-refractivity contribution in [2.45, 2.75) is 59.4 Å². The first-order valence-electron chi connectivity index (χ1n) is 7.63. The van der Waals surface area contributed by atoms with Crippen molar-refractivity contribution in [1.82, 2.24) is 10.2 Å². The lowest BCUT2D eigenvalue weighted by Crippen LogP contribution is -2.46. The number of piperidine rings is 1. The second kappa shape index (κ2) is 8.10. The van der Waals surface area contributed by atoms with E-state index >= 15 is 0 Å². The molecule has 1 aliphatic rings. The molecule has 102 valence electrons. The maximum Gasteiger partial charge on any atom is 0.0218 e. The summed E-state index contributed by atoms with van der Waals surface area (Å²) in [7, 11) is 0. The van der Waals surface area contributed by atoms with E-state index in [4.69, 9.17) is 0 Å². The van der Waals surface area contributed by atoms with Gasteiger partial charge in [-0.25, -0.2) is 0 Å². The highest BCUT2D eigenvalue weighted by Crippen LogP contribution is 2.25. The van der Waals surface area contributed by atoms with Crippen molar-refractivity contribution in [2.24, 2.45) is 11.8 Å². The topological polar surface area (TPSA) is 15.3 Å². The van der Waals surface area contributed by atoms with E-state index in [-0.39, 0.29) is 0 Å². The van der Waals surface area contributed by atoms with Gasteiger partial charge >= 0.3 is 0 Å². The molecule has 1 heterocycles. The predicted octanol–water partition coefficient (Wildman–Crippen LogP) is 3.13. The monoisotopic (exact) mass is 240 g/mol. The van der Waals surface area contributed by atoms with Crippen LogP contribution in [0, 0.1) is 11.8 Å². The summed E-state index contributed by atoms with van der Waals surface area (Å²) in [5.41, 5.74) is 0. The predicted molar refractivity (Wildman–Crippen MR) is 76.4 cm³/mol. The van der Waals surface area contributed by atoms with E-state index in [2.05, 4.69) is 37.9 Å². The molecule has 0 saturated carbocycles. The van der Waals surface area contributed by atoms with Crippen molar-refractivity contribution in [3.05, 3.63) is 0 Å². The highest BCUT2D eigenvalue weighted by Gasteiger charge is 2.25. The quantitative estimate of drug-likeness (QED) is 0.688. The molecule has 0 aromatic heterocycles. The van der Waals surface area contributed by atoms with Gasteiger partial charge < -0.3 is 5.32 Å². The van der Waals surface area contributed by atoms with Gasteiger partial charge in [-0.15, -0.1) is 0 Å². The summed E-state index contributed by atoms with van der Waals surface area (Å²) in [6, 6.07) is 0.759. The van der Waals surface area contributed by atoms with Gasteiger partial charge in [-0.05, 0) is 57.2 Å². The minimum Gasteiger partial charge on any atom is -0.315 e. The van der Waals surface area contributed by atoms with Crippen LogP contribution in [0.1, 0.15) is 53.4 Å². The van der Waals surface area contributed by atoms with Crippen LogP contribution >= 0.6 is 0 Å². The number of nitrogens with one attached hydrogen (secondary N) is 1. The molecule has 2 heteroatoms. The van der Waals surface area contributed by atoms with Crippen LogP contribution in [0.25, 0.3) is 0 Å². The fourth-order valence-electron chi connectivity index (χ4n) is 2.93. The molecule has 1 N–H and O–H groups in total. The molecule has 1 aliphatic heterocycles. The molecule has 0 radical (unpaired) electrons. The molecule has 1 unspecified atom stereocenters. The lowest BCUT2D eigenvalue weighted by atomic mass is 9.86. The smallest absolute Gasteiger partial charge is 0.0218 e. The molecule has 1 fully saturated rings. The van der Waals surface area contributed by atoms with Crippen molar-refractivity contribution >= 4 is 0 Å². The van der Waals surface area contributed by atoms with Gasteiger partial charge in [-0.3, -0.25) is 4.90 Å². The summed E-state index contributed by atoms with van der Waals surface area (Å²) in [5.74, 6) is 1.84. The fourth-order valence-corrected chi connectivity index (χ4v) is 2.93. The summed E-state index contributed by atoms with van der Waals surface area (Å²) in [6.45, 7) is 14.3. The first-order valence-corrected chi connectivity index (χ1v) is 7.63. The molecule has 0 spiro atoms. The highest BCUT2D eigenvalue weighted by molar-refractivity contribution is 4.80. The zero-order chi connectivity index (χ0) is 12.7. The summed E-state index contributed by atoms with van der Waals surface area (Å²) in [6.07, 6.45) is 5.33. The number of likely N-dealkylation sites (tertiary alicyclic amines) is 1. The van der Waals surface area contributed by atoms with Crippen LogP contribution < -0.4 is 5.32 Å². The summed E-state index contributed by atoms with van der Waals surface area (Å²) < 4.78 is 0. The third-order valence-electron chi connectivity index (χ3n) is 4.31. The largest absolute Gasteiger partial charge is 0.315 e. The van der Waals surface area contributed by atoms with Crippen LogP contribution in [0.5, 0.6) is 0 Å². The average Bonchev–Trinajstić information content (AvgIpc) is 2.35. The Hall–Kier alpha value is -0.0800. The molecule has 17 heavy (non-hydrogen) atoms. The number of rotatable bonds is 7. The third-order valence-corrected chi connectivity index (χ3v) is 4.31. The maximum absolute atomic E-state index is 3.58. The van der Waals surface area contributed by atoms with Crippen LogP contribution in [0.4, 0.5) is 0 Å². The summed E-state index contributed by atoms with van der Waals surface area (Å²) >= 11 is 0. The second-order valence-corrected chi connectivity index (χ2v) is 5.88. The number of hydrogen-bond acceptors (Lipinski definition) is 2. The van der Waals surface area contributed by atoms with Crippen LogP contribution in [-0.4, -0.2) is 37.1 Å². The Morgan fingerprint density at radius 3 is 2.29 bits per heavy atom. The Balaban J connectivity index is 2.29. The van der Waals surface area contributed by atoms with Gasteiger partial charge in [0.25, 0.3) is 0 Å². The molecule has 0 amide bonds. The normalized spacial score (nSPS) is 21.0. The second-order valence-electron chi connectivity index (χ2n) is 5.88. The van der Waals surface area contributed by atoms with Crippen molar-refractivity contribution < 1.29 is 0 Å². The molecular weight excluding hydrogens is 208 g/mol. The molecule has 0 aromatic carbocycles. The van der Waals surface area contributed by atoms with Crippen molar-refractivity contribution in [3.63, 3.8) is 0 Å². The molecule has 1 rings (SSSR count). The van der Waals surface area contributed by atoms with Gasteiger partial charge in [-0.2, -0.15) is 0 Å². The Morgan fingerprint density at radius 2 is 1.82 bits per heavy atom. The van der Waals surface area contributed by atoms with E-state index < -0.39 is 0 Å². The van der Waals surface area contributed by atoms with Gasteiger partial charge in [0.1, 0.15) is 0 Å². The Labute approximate surface area is 108 Å². The standard InChI is InChI=1S/C15H32N2/c1-5-9-16-12-15(6-2)17-10-7-14(8-11-17)13(3)4/h13-16H,5-12H2,1-4H3. The van der Waals surface area contributed by atoms with E-state index in [1.54, 1.807) is 0 Å². The molecular formula is C15H32N2. The lowest BCUT2D eigenvalue weighted by molar-refractivity contribution is 0.111. The van der Waals surface area contributed by atoms with Crippen molar-refractivity contribution in [3.8, 4) is 0 Å². The summed E-state index contributed by atoms with van der Waals surface area (Å²) in [4.78, 5) is 2.71. The minimum absolute atomic E-state index is 0.759. The van der Waals surface area contributed by atoms with Crippen LogP contribution in [-0.2, 0) is 0 Å². The zero-order valence-electron chi connectivity index (χ0n) is 12.3. The summed E-state index contributed by atoms with van der Waals surface area (Å²) in [5, 5.41) is 3.58. The molecule has 1 atom stereocenters. The Morgan fingerprint density at radius 1 is 1.18 bits per heavy atom. The average molecular weight is 240 g/mol. The molecule has 1 saturated heterocycles. The lowest BCUT2D eigenvalue weighted by Gasteiger charge is -2.38. The zero-order valence-corrected chi connectivity index (χ0v) is 12.3. The maximum atomic E-state index is 3.58. The third kappa shape index (κ3) is 4.97. The number of hydrogen-bond donors (Lipinski definition) is 1. The molecule has 0 aliphatic carbocycles. The van der Waals surface area contributed by atoms with E-state index in [9.17, 15) is 0 Å². The molecule has 0 aromatic rings. The Bertz CT molecular complexity index is 183. The van der Waals surface area contributed by atoms with E-state index in [1.165, 1.54) is 51.9 Å². The first kappa shape index (κ1) is 15.0. The Kier molecular flexibility index (Phi) is 7.14. The van der Waals surface area contributed by atoms with Crippen molar-refractivity contribution in [2.75, 3.05) is 26.2 Å². The van der Waals surface area contributed by atoms with Crippen LogP contribution in [0.15, 0.2) is 0 Å². The van der Waals surface area contributed by atoms with Gasteiger partial charge in [0, 0.05) is 12.6 Å². The fraction of sp³-hybridized carbons (Fsp3) is 1.00. The molecule has 0 bridgehead atoms. The van der Waals surface area contributed by atoms with Gasteiger partial charge in [0.2, 0.25) is 0 Å². The molecule has 2 nitrogen and oxygen atoms in total. The first-order chi connectivity index (χ1) is 8.19.